The molecule has 0 aliphatic heterocycles. The monoisotopic (exact) mass is 193 g/mol. The van der Waals surface area contributed by atoms with Gasteiger partial charge in [-0.3, -0.25) is 0 Å². The predicted molar refractivity (Wildman–Crippen MR) is 59.3 cm³/mol. The van der Waals surface area contributed by atoms with E-state index in [1.165, 1.54) is 0 Å². The van der Waals surface area contributed by atoms with Gasteiger partial charge in [-0.1, -0.05) is 26.0 Å². The smallest absolute Gasteiger partial charge is 0.115 e. The molecule has 0 bridgehead atoms. The van der Waals surface area contributed by atoms with Gasteiger partial charge in [0.2, 0.25) is 0 Å². The highest BCUT2D eigenvalue weighted by molar-refractivity contribution is 5.26. The molecule has 0 saturated heterocycles. The van der Waals surface area contributed by atoms with Crippen LogP contribution in [0.2, 0.25) is 0 Å². The average molecular weight is 193 g/mol. The molecule has 0 radical (unpaired) electrons. The van der Waals surface area contributed by atoms with Crippen molar-refractivity contribution in [1.29, 1.82) is 0 Å². The van der Waals surface area contributed by atoms with E-state index < -0.39 is 0 Å². The van der Waals surface area contributed by atoms with Crippen LogP contribution in [0.3, 0.4) is 0 Å². The van der Waals surface area contributed by atoms with Crippen LogP contribution < -0.4 is 5.32 Å². The van der Waals surface area contributed by atoms with Crippen LogP contribution in [0, 0.1) is 0 Å². The van der Waals surface area contributed by atoms with E-state index in [-0.39, 0.29) is 0 Å². The first-order chi connectivity index (χ1) is 6.76. The zero-order valence-electron chi connectivity index (χ0n) is 8.96. The Balaban J connectivity index is 2.44. The Bertz CT molecular complexity index is 269. The Hall–Kier alpha value is -1.02. The van der Waals surface area contributed by atoms with Crippen LogP contribution in [0.25, 0.3) is 0 Å². The van der Waals surface area contributed by atoms with Gasteiger partial charge >= 0.3 is 0 Å². The second-order valence-electron chi connectivity index (χ2n) is 3.56. The van der Waals surface area contributed by atoms with Gasteiger partial charge in [0.25, 0.3) is 0 Å². The minimum absolute atomic E-state index is 0.342. The number of nitrogens with one attached hydrogen (secondary N) is 1. The summed E-state index contributed by atoms with van der Waals surface area (Å²) >= 11 is 0. The Kier molecular flexibility index (Phi) is 4.47. The van der Waals surface area contributed by atoms with Crippen molar-refractivity contribution in [3.8, 4) is 5.75 Å². The Morgan fingerprint density at radius 2 is 2.00 bits per heavy atom. The SMILES string of the molecule is CCC(CC)NCc1cccc(O)c1. The fourth-order valence-electron chi connectivity index (χ4n) is 1.51. The molecule has 0 atom stereocenters. The molecule has 0 spiro atoms. The van der Waals surface area contributed by atoms with Crippen molar-refractivity contribution in [2.45, 2.75) is 39.3 Å². The molecule has 0 aliphatic rings. The maximum atomic E-state index is 9.26. The first kappa shape index (κ1) is 11.1. The van der Waals surface area contributed by atoms with Crippen molar-refractivity contribution < 1.29 is 5.11 Å². The molecule has 0 aliphatic carbocycles. The molecule has 0 heterocycles. The zero-order valence-corrected chi connectivity index (χ0v) is 8.96. The third kappa shape index (κ3) is 3.38. The molecule has 14 heavy (non-hydrogen) atoms. The Morgan fingerprint density at radius 3 is 2.57 bits per heavy atom. The van der Waals surface area contributed by atoms with Crippen LogP contribution in [0.1, 0.15) is 32.3 Å². The van der Waals surface area contributed by atoms with E-state index in [9.17, 15) is 5.11 Å². The lowest BCUT2D eigenvalue weighted by atomic mass is 10.1. The molecule has 1 aromatic rings. The maximum absolute atomic E-state index is 9.26. The van der Waals surface area contributed by atoms with Crippen LogP contribution >= 0.6 is 0 Å². The number of hydrogen-bond donors (Lipinski definition) is 2. The summed E-state index contributed by atoms with van der Waals surface area (Å²) < 4.78 is 0. The molecule has 0 aromatic heterocycles. The topological polar surface area (TPSA) is 32.3 Å². The van der Waals surface area contributed by atoms with Gasteiger partial charge in [-0.05, 0) is 30.5 Å². The van der Waals surface area contributed by atoms with E-state index in [1.807, 2.05) is 12.1 Å². The summed E-state index contributed by atoms with van der Waals surface area (Å²) in [5.41, 5.74) is 1.14. The van der Waals surface area contributed by atoms with Crippen LogP contribution in [0.4, 0.5) is 0 Å². The van der Waals surface area contributed by atoms with Gasteiger partial charge in [-0.15, -0.1) is 0 Å². The molecule has 0 saturated carbocycles. The molecule has 2 nitrogen and oxygen atoms in total. The molecule has 2 N–H and O–H groups in total. The highest BCUT2D eigenvalue weighted by Crippen LogP contribution is 2.11. The van der Waals surface area contributed by atoms with Gasteiger partial charge in [-0.25, -0.2) is 0 Å². The first-order valence-corrected chi connectivity index (χ1v) is 5.27. The van der Waals surface area contributed by atoms with Crippen LogP contribution in [-0.2, 0) is 6.54 Å². The summed E-state index contributed by atoms with van der Waals surface area (Å²) in [6.45, 7) is 5.20. The van der Waals surface area contributed by atoms with Gasteiger partial charge in [0, 0.05) is 12.6 Å². The molecule has 1 rings (SSSR count). The van der Waals surface area contributed by atoms with Crippen molar-refractivity contribution in [3.05, 3.63) is 29.8 Å². The molecular weight excluding hydrogens is 174 g/mol. The van der Waals surface area contributed by atoms with Crippen molar-refractivity contribution in [2.75, 3.05) is 0 Å². The highest BCUT2D eigenvalue weighted by Gasteiger charge is 2.01. The summed E-state index contributed by atoms with van der Waals surface area (Å²) in [7, 11) is 0. The summed E-state index contributed by atoms with van der Waals surface area (Å²) in [6.07, 6.45) is 2.30. The van der Waals surface area contributed by atoms with Gasteiger partial charge < -0.3 is 10.4 Å². The van der Waals surface area contributed by atoms with E-state index in [1.54, 1.807) is 12.1 Å². The molecule has 1 aromatic carbocycles. The minimum atomic E-state index is 0.342. The maximum Gasteiger partial charge on any atom is 0.115 e. The zero-order chi connectivity index (χ0) is 10.4. The van der Waals surface area contributed by atoms with E-state index in [2.05, 4.69) is 19.2 Å². The van der Waals surface area contributed by atoms with E-state index in [4.69, 9.17) is 0 Å². The van der Waals surface area contributed by atoms with E-state index >= 15 is 0 Å². The summed E-state index contributed by atoms with van der Waals surface area (Å²) in [4.78, 5) is 0. The van der Waals surface area contributed by atoms with Crippen LogP contribution in [-0.4, -0.2) is 11.1 Å². The van der Waals surface area contributed by atoms with Crippen LogP contribution in [0.15, 0.2) is 24.3 Å². The predicted octanol–water partition coefficient (Wildman–Crippen LogP) is 2.67. The normalized spacial score (nSPS) is 10.8. The van der Waals surface area contributed by atoms with Gasteiger partial charge in [0.15, 0.2) is 0 Å². The summed E-state index contributed by atoms with van der Waals surface area (Å²) in [5.74, 6) is 0.342. The van der Waals surface area contributed by atoms with Gasteiger partial charge in [0.1, 0.15) is 5.75 Å². The molecule has 2 heteroatoms. The number of rotatable bonds is 5. The summed E-state index contributed by atoms with van der Waals surface area (Å²) in [6, 6.07) is 7.97. The van der Waals surface area contributed by atoms with Crippen molar-refractivity contribution in [1.82, 2.24) is 5.32 Å². The van der Waals surface area contributed by atoms with Crippen LogP contribution in [0.5, 0.6) is 5.75 Å². The number of hydrogen-bond acceptors (Lipinski definition) is 2. The Labute approximate surface area is 86.0 Å². The van der Waals surface area contributed by atoms with Gasteiger partial charge in [-0.2, -0.15) is 0 Å². The van der Waals surface area contributed by atoms with E-state index in [0.29, 0.717) is 11.8 Å². The van der Waals surface area contributed by atoms with Gasteiger partial charge in [0.05, 0.1) is 0 Å². The molecule has 0 amide bonds. The number of benzene rings is 1. The first-order valence-electron chi connectivity index (χ1n) is 5.27. The number of aromatic hydroxyl groups is 1. The lowest BCUT2D eigenvalue weighted by Crippen LogP contribution is -2.26. The third-order valence-electron chi connectivity index (χ3n) is 2.49. The van der Waals surface area contributed by atoms with Crippen molar-refractivity contribution in [3.63, 3.8) is 0 Å². The third-order valence-corrected chi connectivity index (χ3v) is 2.49. The number of phenolic OH excluding ortho intramolecular Hbond substituents is 1. The second-order valence-corrected chi connectivity index (χ2v) is 3.56. The minimum Gasteiger partial charge on any atom is -0.508 e. The largest absolute Gasteiger partial charge is 0.508 e. The second kappa shape index (κ2) is 5.66. The quantitative estimate of drug-likeness (QED) is 0.753. The fraction of sp³-hybridized carbons (Fsp3) is 0.500. The molecular formula is C12H19NO. The summed E-state index contributed by atoms with van der Waals surface area (Å²) in [5, 5.41) is 12.7. The number of phenols is 1. The lowest BCUT2D eigenvalue weighted by Gasteiger charge is -2.14. The van der Waals surface area contributed by atoms with E-state index in [0.717, 1.165) is 24.9 Å². The molecule has 78 valence electrons. The van der Waals surface area contributed by atoms with Crippen molar-refractivity contribution >= 4 is 0 Å². The van der Waals surface area contributed by atoms with Crippen molar-refractivity contribution in [2.24, 2.45) is 0 Å². The fourth-order valence-corrected chi connectivity index (χ4v) is 1.51. The molecule has 0 fully saturated rings. The Morgan fingerprint density at radius 1 is 1.29 bits per heavy atom. The lowest BCUT2D eigenvalue weighted by molar-refractivity contribution is 0.468. The highest BCUT2D eigenvalue weighted by atomic mass is 16.3. The standard InChI is InChI=1S/C12H19NO/c1-3-11(4-2)13-9-10-6-5-7-12(14)8-10/h5-8,11,13-14H,3-4,9H2,1-2H3. The molecule has 0 unspecified atom stereocenters. The average Bonchev–Trinajstić information content (AvgIpc) is 2.19.